The molecule has 6 nitrogen and oxygen atoms in total. The van der Waals surface area contributed by atoms with Gasteiger partial charge in [-0.2, -0.15) is 0 Å². The molecule has 326 valence electrons. The van der Waals surface area contributed by atoms with Crippen molar-refractivity contribution in [1.82, 2.24) is 0 Å². The van der Waals surface area contributed by atoms with Crippen LogP contribution in [0.3, 0.4) is 0 Å². The summed E-state index contributed by atoms with van der Waals surface area (Å²) >= 11 is 0. The Bertz CT molecular complexity index is 828. The molecule has 6 heteroatoms. The van der Waals surface area contributed by atoms with Gasteiger partial charge < -0.3 is 14.2 Å². The fourth-order valence-corrected chi connectivity index (χ4v) is 7.30. The lowest BCUT2D eigenvalue weighted by Crippen LogP contribution is -2.30. The lowest BCUT2D eigenvalue weighted by molar-refractivity contribution is -0.167. The van der Waals surface area contributed by atoms with Crippen molar-refractivity contribution < 1.29 is 28.6 Å². The minimum Gasteiger partial charge on any atom is -0.462 e. The van der Waals surface area contributed by atoms with Crippen molar-refractivity contribution in [3.8, 4) is 0 Å². The smallest absolute Gasteiger partial charge is 0.306 e. The third kappa shape index (κ3) is 41.9. The molecule has 0 aromatic rings. The van der Waals surface area contributed by atoms with Gasteiger partial charge in [-0.05, 0) is 25.2 Å². The van der Waals surface area contributed by atoms with Crippen molar-refractivity contribution >= 4 is 17.9 Å². The summed E-state index contributed by atoms with van der Waals surface area (Å²) in [6.07, 6.45) is 44.0. The largest absolute Gasteiger partial charge is 0.462 e. The van der Waals surface area contributed by atoms with E-state index in [-0.39, 0.29) is 31.1 Å². The van der Waals surface area contributed by atoms with Crippen molar-refractivity contribution in [3.63, 3.8) is 0 Å². The van der Waals surface area contributed by atoms with E-state index in [1.165, 1.54) is 161 Å². The zero-order chi connectivity index (χ0) is 40.3. The minimum absolute atomic E-state index is 0.0649. The Hall–Kier alpha value is -1.59. The van der Waals surface area contributed by atoms with Gasteiger partial charge in [-0.1, -0.05) is 233 Å². The van der Waals surface area contributed by atoms with E-state index in [1.807, 2.05) is 0 Å². The summed E-state index contributed by atoms with van der Waals surface area (Å²) in [5.41, 5.74) is 0. The molecule has 0 aliphatic heterocycles. The maximum absolute atomic E-state index is 12.5. The molecule has 1 unspecified atom stereocenters. The highest BCUT2D eigenvalue weighted by Crippen LogP contribution is 2.17. The molecule has 0 amide bonds. The molecule has 0 N–H and O–H groups in total. The van der Waals surface area contributed by atoms with Crippen molar-refractivity contribution in [3.05, 3.63) is 0 Å². The third-order valence-electron chi connectivity index (χ3n) is 11.4. The zero-order valence-electron chi connectivity index (χ0n) is 37.4. The lowest BCUT2D eigenvalue weighted by atomic mass is 9.99. The SMILES string of the molecule is CCCCCCCCCCCCCCCCCCCCC(=O)OC[C@H](COC(=O)CCCCCCCCCCCCC(C)CC)OC(=O)CCCCCCC. The number of ether oxygens (including phenoxy) is 3. The standard InChI is InChI=1S/C49H94O6/c1-5-8-10-12-13-14-15-16-17-18-19-20-21-22-26-29-33-36-40-47(50)53-43-46(55-49(52)42-38-31-11-9-6-2)44-54-48(51)41-37-34-30-27-24-23-25-28-32-35-39-45(4)7-3/h45-46H,5-44H2,1-4H3/t45?,46-/m1/s1. The zero-order valence-corrected chi connectivity index (χ0v) is 37.4. The summed E-state index contributed by atoms with van der Waals surface area (Å²) in [4.78, 5) is 37.5. The Kier molecular flexibility index (Phi) is 42.3. The number of carbonyl (C=O) groups is 3. The van der Waals surface area contributed by atoms with Gasteiger partial charge in [-0.15, -0.1) is 0 Å². The lowest BCUT2D eigenvalue weighted by Gasteiger charge is -2.18. The first-order chi connectivity index (χ1) is 26.9. The van der Waals surface area contributed by atoms with Crippen molar-refractivity contribution in [1.29, 1.82) is 0 Å². The molecule has 0 aliphatic carbocycles. The number of hydrogen-bond donors (Lipinski definition) is 0. The highest BCUT2D eigenvalue weighted by Gasteiger charge is 2.19. The Morgan fingerprint density at radius 3 is 0.945 bits per heavy atom. The van der Waals surface area contributed by atoms with Gasteiger partial charge in [0.05, 0.1) is 0 Å². The second-order valence-electron chi connectivity index (χ2n) is 17.0. The predicted octanol–water partition coefficient (Wildman–Crippen LogP) is 15.5. The first-order valence-corrected chi connectivity index (χ1v) is 24.4. The molecule has 0 aliphatic rings. The van der Waals surface area contributed by atoms with Crippen LogP contribution in [-0.4, -0.2) is 37.2 Å². The molecule has 0 aromatic heterocycles. The molecule has 0 heterocycles. The number of carbonyl (C=O) groups excluding carboxylic acids is 3. The Morgan fingerprint density at radius 1 is 0.364 bits per heavy atom. The first-order valence-electron chi connectivity index (χ1n) is 24.4. The molecule has 0 bridgehead atoms. The van der Waals surface area contributed by atoms with Crippen LogP contribution in [0.15, 0.2) is 0 Å². The Labute approximate surface area is 342 Å². The maximum Gasteiger partial charge on any atom is 0.306 e. The first kappa shape index (κ1) is 53.4. The average molecular weight is 779 g/mol. The van der Waals surface area contributed by atoms with E-state index in [2.05, 4.69) is 27.7 Å². The van der Waals surface area contributed by atoms with Crippen LogP contribution in [0.25, 0.3) is 0 Å². The molecule has 55 heavy (non-hydrogen) atoms. The normalized spacial score (nSPS) is 12.4. The van der Waals surface area contributed by atoms with E-state index in [1.54, 1.807) is 0 Å². The molecule has 0 radical (unpaired) electrons. The summed E-state index contributed by atoms with van der Waals surface area (Å²) < 4.78 is 16.6. The third-order valence-corrected chi connectivity index (χ3v) is 11.4. The molecule has 0 rings (SSSR count). The van der Waals surface area contributed by atoms with Gasteiger partial charge in [0.15, 0.2) is 6.10 Å². The van der Waals surface area contributed by atoms with Crippen LogP contribution < -0.4 is 0 Å². The highest BCUT2D eigenvalue weighted by atomic mass is 16.6. The average Bonchev–Trinajstić information content (AvgIpc) is 3.18. The van der Waals surface area contributed by atoms with E-state index >= 15 is 0 Å². The van der Waals surface area contributed by atoms with Gasteiger partial charge >= 0.3 is 17.9 Å². The van der Waals surface area contributed by atoms with Crippen LogP contribution >= 0.6 is 0 Å². The number of rotatable bonds is 44. The van der Waals surface area contributed by atoms with Crippen LogP contribution in [0.4, 0.5) is 0 Å². The summed E-state index contributed by atoms with van der Waals surface area (Å²) in [7, 11) is 0. The summed E-state index contributed by atoms with van der Waals surface area (Å²) in [5.74, 6) is 0.00483. The van der Waals surface area contributed by atoms with Crippen LogP contribution in [0.2, 0.25) is 0 Å². The predicted molar refractivity (Wildman–Crippen MR) is 233 cm³/mol. The van der Waals surface area contributed by atoms with Crippen molar-refractivity contribution in [2.24, 2.45) is 5.92 Å². The van der Waals surface area contributed by atoms with E-state index in [0.29, 0.717) is 19.3 Å². The van der Waals surface area contributed by atoms with Crippen LogP contribution in [-0.2, 0) is 28.6 Å². The quantitative estimate of drug-likeness (QED) is 0.0348. The summed E-state index contributed by atoms with van der Waals surface area (Å²) in [5, 5.41) is 0. The van der Waals surface area contributed by atoms with Gasteiger partial charge in [0.2, 0.25) is 0 Å². The van der Waals surface area contributed by atoms with E-state index in [4.69, 9.17) is 14.2 Å². The van der Waals surface area contributed by atoms with Crippen LogP contribution in [0.1, 0.15) is 272 Å². The number of unbranched alkanes of at least 4 members (excludes halogenated alkanes) is 30. The maximum atomic E-state index is 12.5. The van der Waals surface area contributed by atoms with Gasteiger partial charge in [0, 0.05) is 19.3 Å². The van der Waals surface area contributed by atoms with Crippen molar-refractivity contribution in [2.45, 2.75) is 278 Å². The fraction of sp³-hybridized carbons (Fsp3) is 0.939. The van der Waals surface area contributed by atoms with Gasteiger partial charge in [0.1, 0.15) is 13.2 Å². The molecule has 0 saturated heterocycles. The second-order valence-corrected chi connectivity index (χ2v) is 17.0. The van der Waals surface area contributed by atoms with E-state index in [9.17, 15) is 14.4 Å². The van der Waals surface area contributed by atoms with Crippen molar-refractivity contribution in [2.75, 3.05) is 13.2 Å². The summed E-state index contributed by atoms with van der Waals surface area (Å²) in [6.45, 7) is 8.96. The molecule has 0 aromatic carbocycles. The molecule has 0 fully saturated rings. The van der Waals surface area contributed by atoms with E-state index < -0.39 is 6.10 Å². The monoisotopic (exact) mass is 779 g/mol. The molecule has 0 spiro atoms. The van der Waals surface area contributed by atoms with E-state index in [0.717, 1.165) is 70.1 Å². The minimum atomic E-state index is -0.758. The highest BCUT2D eigenvalue weighted by molar-refractivity contribution is 5.71. The molecular formula is C49H94O6. The van der Waals surface area contributed by atoms with Crippen LogP contribution in [0, 0.1) is 5.92 Å². The van der Waals surface area contributed by atoms with Crippen LogP contribution in [0.5, 0.6) is 0 Å². The number of esters is 3. The van der Waals surface area contributed by atoms with Gasteiger partial charge in [-0.25, -0.2) is 0 Å². The topological polar surface area (TPSA) is 78.9 Å². The fourth-order valence-electron chi connectivity index (χ4n) is 7.30. The molecular weight excluding hydrogens is 685 g/mol. The molecule has 0 saturated carbocycles. The Morgan fingerprint density at radius 2 is 0.636 bits per heavy atom. The van der Waals surface area contributed by atoms with Gasteiger partial charge in [0.25, 0.3) is 0 Å². The Balaban J connectivity index is 4.08. The second kappa shape index (κ2) is 43.5. The summed E-state index contributed by atoms with van der Waals surface area (Å²) in [6, 6.07) is 0. The van der Waals surface area contributed by atoms with Gasteiger partial charge in [-0.3, -0.25) is 14.4 Å². The number of hydrogen-bond acceptors (Lipinski definition) is 6. The molecule has 2 atom stereocenters.